The summed E-state index contributed by atoms with van der Waals surface area (Å²) in [6.45, 7) is -0.0907. The van der Waals surface area contributed by atoms with E-state index in [9.17, 15) is 27.0 Å². The van der Waals surface area contributed by atoms with Gasteiger partial charge in [-0.05, 0) is 17.7 Å². The van der Waals surface area contributed by atoms with E-state index in [2.05, 4.69) is 0 Å². The van der Waals surface area contributed by atoms with E-state index in [4.69, 9.17) is 11.6 Å². The first kappa shape index (κ1) is 17.7. The number of hydrogen-bond donors (Lipinski definition) is 1. The van der Waals surface area contributed by atoms with Gasteiger partial charge in [-0.2, -0.15) is 8.42 Å². The van der Waals surface area contributed by atoms with E-state index in [-0.39, 0.29) is 19.4 Å². The highest BCUT2D eigenvalue weighted by atomic mass is 35.5. The summed E-state index contributed by atoms with van der Waals surface area (Å²) >= 11 is 5.77. The number of amides is 1. The highest BCUT2D eigenvalue weighted by Gasteiger charge is 2.39. The van der Waals surface area contributed by atoms with Gasteiger partial charge in [0.2, 0.25) is 5.91 Å². The smallest absolute Gasteiger partial charge is 0.326 e. The molecule has 0 spiro atoms. The van der Waals surface area contributed by atoms with E-state index in [1.807, 2.05) is 0 Å². The lowest BCUT2D eigenvalue weighted by Crippen LogP contribution is -2.43. The molecule has 0 bridgehead atoms. The highest BCUT2D eigenvalue weighted by Crippen LogP contribution is 2.24. The highest BCUT2D eigenvalue weighted by molar-refractivity contribution is 7.86. The van der Waals surface area contributed by atoms with Crippen LogP contribution in [0.1, 0.15) is 12.0 Å². The van der Waals surface area contributed by atoms with E-state index in [0.717, 1.165) is 4.90 Å². The number of carboxylic acids is 1. The zero-order valence-corrected chi connectivity index (χ0v) is 13.6. The molecular formula is C14H15ClFNO5S. The van der Waals surface area contributed by atoms with Crippen molar-refractivity contribution in [2.75, 3.05) is 12.3 Å². The molecule has 9 heteroatoms. The molecule has 1 aliphatic rings. The first-order valence-corrected chi connectivity index (χ1v) is 8.78. The fourth-order valence-electron chi connectivity index (χ4n) is 2.68. The van der Waals surface area contributed by atoms with Crippen LogP contribution in [-0.4, -0.2) is 48.6 Å². The fraction of sp³-hybridized carbons (Fsp3) is 0.429. The molecule has 126 valence electrons. The Morgan fingerprint density at radius 3 is 2.52 bits per heavy atom. The van der Waals surface area contributed by atoms with Crippen molar-refractivity contribution in [3.63, 3.8) is 0 Å². The quantitative estimate of drug-likeness (QED) is 0.773. The van der Waals surface area contributed by atoms with Gasteiger partial charge in [-0.1, -0.05) is 23.7 Å². The van der Waals surface area contributed by atoms with Gasteiger partial charge in [-0.3, -0.25) is 4.79 Å². The molecule has 6 nitrogen and oxygen atoms in total. The largest absolute Gasteiger partial charge is 0.480 e. The number of carbonyl (C=O) groups excluding carboxylic acids is 1. The minimum absolute atomic E-state index is 0.0628. The second-order valence-electron chi connectivity index (χ2n) is 5.51. The molecule has 1 aromatic carbocycles. The second-order valence-corrected chi connectivity index (χ2v) is 7.35. The predicted octanol–water partition coefficient (Wildman–Crippen LogP) is 1.48. The fourth-order valence-corrected chi connectivity index (χ4v) is 3.59. The Balaban J connectivity index is 2.13. The maximum atomic E-state index is 12.8. The molecule has 1 N–H and O–H groups in total. The first-order chi connectivity index (χ1) is 10.7. The summed E-state index contributed by atoms with van der Waals surface area (Å²) in [7, 11) is -4.70. The van der Waals surface area contributed by atoms with Crippen LogP contribution in [0.15, 0.2) is 24.3 Å². The number of likely N-dealkylation sites (tertiary alicyclic amines) is 1. The lowest BCUT2D eigenvalue weighted by atomic mass is 10.0. The van der Waals surface area contributed by atoms with Crippen LogP contribution in [0.4, 0.5) is 3.89 Å². The third kappa shape index (κ3) is 4.90. The van der Waals surface area contributed by atoms with E-state index < -0.39 is 39.8 Å². The summed E-state index contributed by atoms with van der Waals surface area (Å²) in [5.74, 6) is -3.19. The summed E-state index contributed by atoms with van der Waals surface area (Å²) in [4.78, 5) is 24.6. The average molecular weight is 364 g/mol. The molecule has 2 unspecified atom stereocenters. The van der Waals surface area contributed by atoms with E-state index in [1.165, 1.54) is 0 Å². The van der Waals surface area contributed by atoms with Gasteiger partial charge in [-0.25, -0.2) is 4.79 Å². The van der Waals surface area contributed by atoms with Gasteiger partial charge in [0.1, 0.15) is 6.04 Å². The van der Waals surface area contributed by atoms with Crippen LogP contribution in [0.2, 0.25) is 5.02 Å². The zero-order chi connectivity index (χ0) is 17.2. The van der Waals surface area contributed by atoms with E-state index in [0.29, 0.717) is 10.6 Å². The van der Waals surface area contributed by atoms with Crippen molar-refractivity contribution >= 4 is 33.7 Å². The van der Waals surface area contributed by atoms with Gasteiger partial charge in [-0.15, -0.1) is 3.89 Å². The molecule has 2 rings (SSSR count). The summed E-state index contributed by atoms with van der Waals surface area (Å²) in [6.07, 6.45) is -0.110. The Morgan fingerprint density at radius 2 is 2.00 bits per heavy atom. The number of aliphatic carboxylic acids is 1. The van der Waals surface area contributed by atoms with Crippen LogP contribution >= 0.6 is 11.6 Å². The van der Waals surface area contributed by atoms with Crippen molar-refractivity contribution in [1.29, 1.82) is 0 Å². The molecule has 1 amide bonds. The molecule has 1 heterocycles. The predicted molar refractivity (Wildman–Crippen MR) is 81.3 cm³/mol. The normalized spacial score (nSPS) is 19.8. The summed E-state index contributed by atoms with van der Waals surface area (Å²) < 4.78 is 34.2. The molecule has 23 heavy (non-hydrogen) atoms. The minimum Gasteiger partial charge on any atom is -0.480 e. The van der Waals surface area contributed by atoms with Crippen molar-refractivity contribution in [3.8, 4) is 0 Å². The maximum absolute atomic E-state index is 12.8. The SMILES string of the molecule is O=C(O)C(Cc1ccc(Cl)cc1)N1CC(CS(=O)(=O)F)CC1=O. The maximum Gasteiger partial charge on any atom is 0.326 e. The van der Waals surface area contributed by atoms with Crippen molar-refractivity contribution < 1.29 is 27.0 Å². The number of halogens is 2. The lowest BCUT2D eigenvalue weighted by Gasteiger charge is -2.24. The Kier molecular flexibility index (Phi) is 5.26. The summed E-state index contributed by atoms with van der Waals surface area (Å²) in [5, 5.41) is 9.88. The van der Waals surface area contributed by atoms with Gasteiger partial charge in [0.25, 0.3) is 0 Å². The monoisotopic (exact) mass is 363 g/mol. The van der Waals surface area contributed by atoms with Gasteiger partial charge in [0.05, 0.1) is 5.75 Å². The number of benzene rings is 1. The average Bonchev–Trinajstić information content (AvgIpc) is 2.76. The van der Waals surface area contributed by atoms with Crippen LogP contribution in [-0.2, 0) is 26.2 Å². The molecular weight excluding hydrogens is 349 g/mol. The number of carbonyl (C=O) groups is 2. The molecule has 0 aromatic heterocycles. The van der Waals surface area contributed by atoms with E-state index in [1.54, 1.807) is 24.3 Å². The number of rotatable bonds is 6. The van der Waals surface area contributed by atoms with Crippen LogP contribution in [0, 0.1) is 5.92 Å². The van der Waals surface area contributed by atoms with Crippen LogP contribution in [0.5, 0.6) is 0 Å². The number of nitrogens with zero attached hydrogens (tertiary/aromatic N) is 1. The van der Waals surface area contributed by atoms with E-state index >= 15 is 0 Å². The Morgan fingerprint density at radius 1 is 1.39 bits per heavy atom. The zero-order valence-electron chi connectivity index (χ0n) is 12.0. The van der Waals surface area contributed by atoms with Crippen molar-refractivity contribution in [2.45, 2.75) is 18.9 Å². The second kappa shape index (κ2) is 6.84. The van der Waals surface area contributed by atoms with Crippen molar-refractivity contribution in [3.05, 3.63) is 34.9 Å². The van der Waals surface area contributed by atoms with Crippen molar-refractivity contribution in [1.82, 2.24) is 4.90 Å². The van der Waals surface area contributed by atoms with Gasteiger partial charge >= 0.3 is 16.2 Å². The third-order valence-electron chi connectivity index (χ3n) is 3.68. The Bertz CT molecular complexity index is 706. The standard InChI is InChI=1S/C14H15ClFNO5S/c15-11-3-1-9(2-4-11)5-12(14(19)20)17-7-10(6-13(17)18)8-23(16,21)22/h1-4,10,12H,5-8H2,(H,19,20). The van der Waals surface area contributed by atoms with Gasteiger partial charge < -0.3 is 10.0 Å². The number of hydrogen-bond acceptors (Lipinski definition) is 4. The molecule has 1 aliphatic heterocycles. The molecule has 1 saturated heterocycles. The number of carboxylic acid groups (broad SMARTS) is 1. The Labute approximate surface area is 138 Å². The van der Waals surface area contributed by atoms with Crippen LogP contribution in [0.3, 0.4) is 0 Å². The Hall–Kier alpha value is -1.67. The van der Waals surface area contributed by atoms with Gasteiger partial charge in [0.15, 0.2) is 0 Å². The molecule has 0 saturated carbocycles. The van der Waals surface area contributed by atoms with Crippen LogP contribution in [0.25, 0.3) is 0 Å². The molecule has 0 aliphatic carbocycles. The van der Waals surface area contributed by atoms with Gasteiger partial charge in [0, 0.05) is 30.3 Å². The summed E-state index contributed by atoms with van der Waals surface area (Å²) in [6, 6.07) is 5.40. The summed E-state index contributed by atoms with van der Waals surface area (Å²) in [5.41, 5.74) is 0.677. The molecule has 2 atom stereocenters. The molecule has 1 fully saturated rings. The third-order valence-corrected chi connectivity index (χ3v) is 4.80. The minimum atomic E-state index is -4.70. The lowest BCUT2D eigenvalue weighted by molar-refractivity contribution is -0.148. The van der Waals surface area contributed by atoms with Crippen LogP contribution < -0.4 is 0 Å². The van der Waals surface area contributed by atoms with Crippen molar-refractivity contribution in [2.24, 2.45) is 5.92 Å². The topological polar surface area (TPSA) is 91.8 Å². The first-order valence-electron chi connectivity index (χ1n) is 6.85. The molecule has 0 radical (unpaired) electrons. The molecule has 1 aromatic rings.